The van der Waals surface area contributed by atoms with Crippen LogP contribution in [-0.2, 0) is 32.9 Å². The van der Waals surface area contributed by atoms with Crippen molar-refractivity contribution in [2.24, 2.45) is 17.3 Å². The first-order valence-corrected chi connectivity index (χ1v) is 23.0. The second-order valence-electron chi connectivity index (χ2n) is 17.6. The van der Waals surface area contributed by atoms with E-state index >= 15 is 0 Å². The average Bonchev–Trinajstić information content (AvgIpc) is 3.48. The summed E-state index contributed by atoms with van der Waals surface area (Å²) < 4.78 is 48.0. The molecule has 1 aliphatic heterocycles. The van der Waals surface area contributed by atoms with E-state index in [1.54, 1.807) is 19.3 Å². The molecule has 3 fully saturated rings. The maximum Gasteiger partial charge on any atom is 0.510 e. The molecule has 16 heteroatoms. The molecular weight excluding hydrogens is 803 g/mol. The van der Waals surface area contributed by atoms with Crippen LogP contribution in [0.5, 0.6) is 11.5 Å². The molecule has 0 radical (unpaired) electrons. The molecule has 330 valence electrons. The molecule has 2 unspecified atom stereocenters. The maximum absolute atomic E-state index is 14.8. The minimum atomic E-state index is -3.77. The first kappa shape index (κ1) is 45.4. The zero-order chi connectivity index (χ0) is 44.1. The predicted molar refractivity (Wildman–Crippen MR) is 229 cm³/mol. The number of hydrogen-bond donors (Lipinski definition) is 2. The number of hydrogen-bond acceptors (Lipinski definition) is 12. The molecule has 2 heterocycles. The Morgan fingerprint density at radius 1 is 1.03 bits per heavy atom. The van der Waals surface area contributed by atoms with Gasteiger partial charge in [0.1, 0.15) is 41.1 Å². The highest BCUT2D eigenvalue weighted by Crippen LogP contribution is 2.70. The van der Waals surface area contributed by atoms with E-state index in [-0.39, 0.29) is 38.0 Å². The first-order valence-electron chi connectivity index (χ1n) is 20.9. The Bertz CT molecular complexity index is 2140. The number of amides is 3. The van der Waals surface area contributed by atoms with Crippen molar-refractivity contribution in [2.75, 3.05) is 33.7 Å². The molecule has 3 amide bonds. The molecule has 6 rings (SSSR count). The third-order valence-corrected chi connectivity index (χ3v) is 14.2. The van der Waals surface area contributed by atoms with Gasteiger partial charge in [0.2, 0.25) is 26.0 Å². The summed E-state index contributed by atoms with van der Waals surface area (Å²) in [5.41, 5.74) is 1.33. The predicted octanol–water partition coefficient (Wildman–Crippen LogP) is 8.05. The highest BCUT2D eigenvalue weighted by molar-refractivity contribution is 7.60. The van der Waals surface area contributed by atoms with Crippen molar-refractivity contribution < 1.29 is 52.0 Å². The van der Waals surface area contributed by atoms with Crippen LogP contribution in [0.3, 0.4) is 0 Å². The number of likely N-dealkylation sites (tertiary alicyclic amines) is 1. The standard InChI is InChI=1S/C45H59N4O11P/c1-9-30-24-45(30,61(8,54)58-27-57-43(53)56-26-28(2)3)48-40(50)37-22-33(25-49(37)41(51)39(44(4,5)6)47-42(52)60-31-17-13-14-18-31)59-38-23-35(29-15-11-10-12-16-29)46-36-21-32(55-7)19-20-34(36)38/h9-12,15-16,19-21,23,28,30-31,33,37,39H,1,13-14,17-18,22,24-27H2,2-8H3,(H,47,52)(H,48,50)/t30-,33-,37+,39?,45+,61?/m1/s1. The molecule has 1 aromatic heterocycles. The zero-order valence-electron chi connectivity index (χ0n) is 36.1. The van der Waals surface area contributed by atoms with Crippen molar-refractivity contribution in [3.63, 3.8) is 0 Å². The van der Waals surface area contributed by atoms with Crippen molar-refractivity contribution in [2.45, 2.75) is 103 Å². The fourth-order valence-electron chi connectivity index (χ4n) is 7.97. The second-order valence-corrected chi connectivity index (χ2v) is 20.4. The van der Waals surface area contributed by atoms with Gasteiger partial charge in [-0.1, -0.05) is 71.0 Å². The number of alkyl carbamates (subject to hydrolysis) is 1. The van der Waals surface area contributed by atoms with E-state index in [0.29, 0.717) is 28.1 Å². The van der Waals surface area contributed by atoms with Gasteiger partial charge < -0.3 is 39.2 Å². The van der Waals surface area contributed by atoms with Crippen molar-refractivity contribution in [3.8, 4) is 22.8 Å². The number of pyridine rings is 1. The van der Waals surface area contributed by atoms with Crippen molar-refractivity contribution in [1.29, 1.82) is 0 Å². The summed E-state index contributed by atoms with van der Waals surface area (Å²) in [6.07, 6.45) is 2.69. The van der Waals surface area contributed by atoms with Gasteiger partial charge in [-0.3, -0.25) is 18.7 Å². The van der Waals surface area contributed by atoms with E-state index in [1.165, 1.54) is 11.6 Å². The second kappa shape index (κ2) is 18.9. The van der Waals surface area contributed by atoms with Crippen LogP contribution >= 0.6 is 7.37 Å². The number of ether oxygens (including phenoxy) is 5. The Balaban J connectivity index is 1.30. The van der Waals surface area contributed by atoms with Crippen LogP contribution in [0.15, 0.2) is 67.3 Å². The van der Waals surface area contributed by atoms with Crippen molar-refractivity contribution >= 4 is 42.3 Å². The van der Waals surface area contributed by atoms with Crippen molar-refractivity contribution in [1.82, 2.24) is 20.5 Å². The van der Waals surface area contributed by atoms with E-state index < -0.39 is 73.0 Å². The van der Waals surface area contributed by atoms with Crippen LogP contribution in [0.2, 0.25) is 0 Å². The summed E-state index contributed by atoms with van der Waals surface area (Å²) in [4.78, 5) is 61.2. The summed E-state index contributed by atoms with van der Waals surface area (Å²) in [5.74, 6) is -0.369. The number of benzene rings is 2. The lowest BCUT2D eigenvalue weighted by Gasteiger charge is -2.36. The Morgan fingerprint density at radius 3 is 2.39 bits per heavy atom. The SMILES string of the molecule is C=C[C@@H]1C[C@]1(NC(=O)[C@@H]1C[C@@H](Oc2cc(-c3ccccc3)nc3cc(OC)ccc23)CN1C(=O)C(NC(=O)OC1CCCC1)C(C)(C)C)P(C)(=O)OCOC(=O)OCC(C)C. The van der Waals surface area contributed by atoms with Gasteiger partial charge in [0.05, 0.1) is 31.5 Å². The molecule has 2 aromatic carbocycles. The normalized spacial score (nSPS) is 22.8. The van der Waals surface area contributed by atoms with E-state index in [4.69, 9.17) is 33.2 Å². The van der Waals surface area contributed by atoms with Crippen LogP contribution in [0, 0.1) is 17.3 Å². The van der Waals surface area contributed by atoms with Gasteiger partial charge in [0.15, 0.2) is 0 Å². The minimum Gasteiger partial charge on any atom is -0.497 e. The largest absolute Gasteiger partial charge is 0.510 e. The summed E-state index contributed by atoms with van der Waals surface area (Å²) >= 11 is 0. The molecule has 0 bridgehead atoms. The van der Waals surface area contributed by atoms with Gasteiger partial charge in [0.25, 0.3) is 0 Å². The Kier molecular flexibility index (Phi) is 14.0. The third-order valence-electron chi connectivity index (χ3n) is 11.5. The molecule has 0 spiro atoms. The van der Waals surface area contributed by atoms with Crippen molar-refractivity contribution in [3.05, 3.63) is 67.3 Å². The molecule has 2 saturated carbocycles. The highest BCUT2D eigenvalue weighted by atomic mass is 31.2. The van der Waals surface area contributed by atoms with Crippen LogP contribution in [-0.4, -0.2) is 97.2 Å². The fraction of sp³-hybridized carbons (Fsp3) is 0.533. The topological polar surface area (TPSA) is 181 Å². The molecular formula is C45H59N4O11P. The molecule has 6 atom stereocenters. The number of fused-ring (bicyclic) bond motifs is 1. The number of methoxy groups -OCH3 is 1. The van der Waals surface area contributed by atoms with Gasteiger partial charge in [0, 0.05) is 42.1 Å². The first-order chi connectivity index (χ1) is 28.9. The summed E-state index contributed by atoms with van der Waals surface area (Å²) in [5, 5.41) is 5.11. The molecule has 2 aliphatic carbocycles. The highest BCUT2D eigenvalue weighted by Gasteiger charge is 2.65. The zero-order valence-corrected chi connectivity index (χ0v) is 37.0. The van der Waals surface area contributed by atoms with Gasteiger partial charge in [-0.25, -0.2) is 14.6 Å². The van der Waals surface area contributed by atoms with E-state index in [0.717, 1.165) is 31.2 Å². The molecule has 61 heavy (non-hydrogen) atoms. The quantitative estimate of drug-likeness (QED) is 0.0613. The molecule has 3 aliphatic rings. The summed E-state index contributed by atoms with van der Waals surface area (Å²) in [6.45, 7) is 13.9. The Morgan fingerprint density at radius 2 is 1.75 bits per heavy atom. The fourth-order valence-corrected chi connectivity index (χ4v) is 10.00. The third kappa shape index (κ3) is 10.7. The number of aromatic nitrogens is 1. The lowest BCUT2D eigenvalue weighted by atomic mass is 9.85. The van der Waals surface area contributed by atoms with E-state index in [1.807, 2.05) is 83.1 Å². The molecule has 2 N–H and O–H groups in total. The van der Waals surface area contributed by atoms with Crippen LogP contribution in [0.1, 0.15) is 73.1 Å². The lowest BCUT2D eigenvalue weighted by Crippen LogP contribution is -2.58. The summed E-state index contributed by atoms with van der Waals surface area (Å²) in [6, 6.07) is 14.7. The molecule has 15 nitrogen and oxygen atoms in total. The number of carbonyl (C=O) groups excluding carboxylic acids is 4. The monoisotopic (exact) mass is 862 g/mol. The van der Waals surface area contributed by atoms with Gasteiger partial charge in [-0.15, -0.1) is 6.58 Å². The smallest absolute Gasteiger partial charge is 0.497 e. The van der Waals surface area contributed by atoms with Gasteiger partial charge in [-0.2, -0.15) is 0 Å². The van der Waals surface area contributed by atoms with E-state index in [9.17, 15) is 23.7 Å². The summed E-state index contributed by atoms with van der Waals surface area (Å²) in [7, 11) is -2.19. The lowest BCUT2D eigenvalue weighted by molar-refractivity contribution is -0.142. The Labute approximate surface area is 357 Å². The van der Waals surface area contributed by atoms with Crippen LogP contribution < -0.4 is 20.1 Å². The minimum absolute atomic E-state index is 0.0198. The average molecular weight is 863 g/mol. The number of rotatable bonds is 16. The molecule has 3 aromatic rings. The number of nitrogens with one attached hydrogen (secondary N) is 2. The van der Waals surface area contributed by atoms with Crippen LogP contribution in [0.4, 0.5) is 9.59 Å². The van der Waals surface area contributed by atoms with E-state index in [2.05, 4.69) is 17.2 Å². The number of nitrogens with zero attached hydrogens (tertiary/aromatic N) is 2. The molecule has 1 saturated heterocycles. The maximum atomic E-state index is 14.8. The van der Waals surface area contributed by atoms with Crippen LogP contribution in [0.25, 0.3) is 22.2 Å². The van der Waals surface area contributed by atoms with Gasteiger partial charge >= 0.3 is 12.2 Å². The number of carbonyl (C=O) groups is 4. The van der Waals surface area contributed by atoms with Gasteiger partial charge in [-0.05, 0) is 55.6 Å². The Hall–Kier alpha value is -5.14.